The van der Waals surface area contributed by atoms with E-state index in [9.17, 15) is 4.79 Å². The summed E-state index contributed by atoms with van der Waals surface area (Å²) < 4.78 is 0. The van der Waals surface area contributed by atoms with Gasteiger partial charge in [-0.05, 0) is 49.1 Å². The van der Waals surface area contributed by atoms with Gasteiger partial charge in [0.25, 0.3) is 5.91 Å². The summed E-state index contributed by atoms with van der Waals surface area (Å²) in [6, 6.07) is 11.0. The molecular formula is C25H34N8O2. The van der Waals surface area contributed by atoms with Crippen molar-refractivity contribution in [3.05, 3.63) is 59.4 Å². The van der Waals surface area contributed by atoms with Gasteiger partial charge >= 0.3 is 0 Å². The SMILES string of the molecule is CONC(=O)c1ccc(C)c(Nc2nc(NC(C)c3ccccn3)nc(N(C)CC(C)(C)C)n2)c1. The van der Waals surface area contributed by atoms with Gasteiger partial charge in [0.2, 0.25) is 17.8 Å². The molecule has 1 amide bonds. The predicted molar refractivity (Wildman–Crippen MR) is 138 cm³/mol. The molecule has 0 aliphatic heterocycles. The molecule has 0 fully saturated rings. The fourth-order valence-corrected chi connectivity index (χ4v) is 3.51. The van der Waals surface area contributed by atoms with E-state index in [1.807, 2.05) is 50.1 Å². The summed E-state index contributed by atoms with van der Waals surface area (Å²) in [5, 5.41) is 6.59. The number of nitrogens with zero attached hydrogens (tertiary/aromatic N) is 5. The number of hydroxylamine groups is 1. The van der Waals surface area contributed by atoms with Gasteiger partial charge in [-0.1, -0.05) is 32.9 Å². The van der Waals surface area contributed by atoms with Crippen LogP contribution in [-0.4, -0.2) is 46.5 Å². The first kappa shape index (κ1) is 25.8. The number of hydrogen-bond donors (Lipinski definition) is 3. The summed E-state index contributed by atoms with van der Waals surface area (Å²) in [7, 11) is 3.35. The molecule has 3 N–H and O–H groups in total. The van der Waals surface area contributed by atoms with Crippen molar-refractivity contribution in [1.82, 2.24) is 25.4 Å². The minimum absolute atomic E-state index is 0.0451. The van der Waals surface area contributed by atoms with E-state index in [4.69, 9.17) is 4.84 Å². The van der Waals surface area contributed by atoms with E-state index in [2.05, 4.69) is 56.8 Å². The van der Waals surface area contributed by atoms with Crippen LogP contribution in [0.2, 0.25) is 0 Å². The van der Waals surface area contributed by atoms with Crippen LogP contribution in [-0.2, 0) is 4.84 Å². The zero-order valence-electron chi connectivity index (χ0n) is 21.4. The van der Waals surface area contributed by atoms with Crippen LogP contribution >= 0.6 is 0 Å². The molecule has 186 valence electrons. The lowest BCUT2D eigenvalue weighted by atomic mass is 9.96. The lowest BCUT2D eigenvalue weighted by molar-refractivity contribution is 0.0537. The third kappa shape index (κ3) is 7.35. The van der Waals surface area contributed by atoms with E-state index in [0.29, 0.717) is 29.1 Å². The molecule has 1 aromatic carbocycles. The molecule has 0 aliphatic rings. The number of amides is 1. The fourth-order valence-electron chi connectivity index (χ4n) is 3.51. The van der Waals surface area contributed by atoms with Crippen LogP contribution in [0.3, 0.4) is 0 Å². The fraction of sp³-hybridized carbons (Fsp3) is 0.400. The molecule has 0 radical (unpaired) electrons. The molecule has 0 aliphatic carbocycles. The average molecular weight is 479 g/mol. The van der Waals surface area contributed by atoms with Gasteiger partial charge < -0.3 is 15.5 Å². The standard InChI is InChI=1S/C25H34N8O2/c1-16-11-12-18(21(34)32-35-7)14-20(16)28-23-29-22(27-17(2)19-10-8-9-13-26-19)30-24(31-23)33(6)15-25(3,4)5/h8-14,17H,15H2,1-7H3,(H,32,34)(H2,27,28,29,30,31). The number of pyridine rings is 1. The number of benzene rings is 1. The molecule has 10 heteroatoms. The zero-order chi connectivity index (χ0) is 25.6. The van der Waals surface area contributed by atoms with Crippen LogP contribution in [0.4, 0.5) is 23.5 Å². The topological polar surface area (TPSA) is 117 Å². The van der Waals surface area contributed by atoms with Crippen LogP contribution in [0, 0.1) is 12.3 Å². The Bertz CT molecular complexity index is 1150. The third-order valence-corrected chi connectivity index (χ3v) is 5.09. The van der Waals surface area contributed by atoms with Crippen molar-refractivity contribution in [3.8, 4) is 0 Å². The monoisotopic (exact) mass is 478 g/mol. The van der Waals surface area contributed by atoms with Crippen LogP contribution in [0.5, 0.6) is 0 Å². The summed E-state index contributed by atoms with van der Waals surface area (Å²) in [6.45, 7) is 11.2. The van der Waals surface area contributed by atoms with Crippen molar-refractivity contribution in [2.75, 3.05) is 36.2 Å². The highest BCUT2D eigenvalue weighted by Gasteiger charge is 2.19. The molecule has 35 heavy (non-hydrogen) atoms. The van der Waals surface area contributed by atoms with E-state index >= 15 is 0 Å². The Balaban J connectivity index is 1.95. The summed E-state index contributed by atoms with van der Waals surface area (Å²) in [4.78, 5) is 37.3. The second-order valence-corrected chi connectivity index (χ2v) is 9.61. The summed E-state index contributed by atoms with van der Waals surface area (Å²) in [6.07, 6.45) is 1.76. The Hall–Kier alpha value is -3.79. The summed E-state index contributed by atoms with van der Waals surface area (Å²) in [5.74, 6) is 0.962. The van der Waals surface area contributed by atoms with Gasteiger partial charge in [0, 0.05) is 31.0 Å². The summed E-state index contributed by atoms with van der Waals surface area (Å²) >= 11 is 0. The Morgan fingerprint density at radius 1 is 1.11 bits per heavy atom. The molecule has 0 saturated heterocycles. The van der Waals surface area contributed by atoms with Crippen molar-refractivity contribution < 1.29 is 9.63 Å². The predicted octanol–water partition coefficient (Wildman–Crippen LogP) is 4.27. The van der Waals surface area contributed by atoms with Crippen molar-refractivity contribution in [1.29, 1.82) is 0 Å². The normalized spacial score (nSPS) is 12.1. The van der Waals surface area contributed by atoms with E-state index in [1.165, 1.54) is 7.11 Å². The second-order valence-electron chi connectivity index (χ2n) is 9.61. The molecule has 0 spiro atoms. The molecule has 3 aromatic rings. The highest BCUT2D eigenvalue weighted by Crippen LogP contribution is 2.25. The number of carbonyl (C=O) groups is 1. The maximum Gasteiger partial charge on any atom is 0.274 e. The summed E-state index contributed by atoms with van der Waals surface area (Å²) in [5.41, 5.74) is 5.33. The first-order valence-corrected chi connectivity index (χ1v) is 11.4. The van der Waals surface area contributed by atoms with Gasteiger partial charge in [-0.3, -0.25) is 14.6 Å². The maximum absolute atomic E-state index is 12.2. The number of aryl methyl sites for hydroxylation is 1. The van der Waals surface area contributed by atoms with Gasteiger partial charge in [-0.25, -0.2) is 5.48 Å². The lowest BCUT2D eigenvalue weighted by Gasteiger charge is -2.27. The van der Waals surface area contributed by atoms with Gasteiger partial charge in [0.1, 0.15) is 0 Å². The molecule has 10 nitrogen and oxygen atoms in total. The van der Waals surface area contributed by atoms with Crippen LogP contribution in [0.1, 0.15) is 55.4 Å². The Morgan fingerprint density at radius 3 is 2.51 bits per heavy atom. The van der Waals surface area contributed by atoms with Crippen LogP contribution in [0.25, 0.3) is 0 Å². The van der Waals surface area contributed by atoms with E-state index in [0.717, 1.165) is 17.8 Å². The van der Waals surface area contributed by atoms with Crippen molar-refractivity contribution in [2.24, 2.45) is 5.41 Å². The molecule has 0 bridgehead atoms. The maximum atomic E-state index is 12.2. The number of rotatable bonds is 9. The first-order chi connectivity index (χ1) is 16.6. The quantitative estimate of drug-likeness (QED) is 0.388. The Kier molecular flexibility index (Phi) is 8.18. The van der Waals surface area contributed by atoms with E-state index in [-0.39, 0.29) is 17.4 Å². The van der Waals surface area contributed by atoms with Gasteiger partial charge in [0.05, 0.1) is 18.8 Å². The molecule has 1 atom stereocenters. The highest BCUT2D eigenvalue weighted by molar-refractivity contribution is 5.94. The molecular weight excluding hydrogens is 444 g/mol. The average Bonchev–Trinajstić information content (AvgIpc) is 2.80. The highest BCUT2D eigenvalue weighted by atomic mass is 16.6. The number of hydrogen-bond acceptors (Lipinski definition) is 9. The lowest BCUT2D eigenvalue weighted by Crippen LogP contribution is -2.31. The van der Waals surface area contributed by atoms with E-state index in [1.54, 1.807) is 18.3 Å². The molecule has 1 unspecified atom stereocenters. The molecule has 2 aromatic heterocycles. The largest absolute Gasteiger partial charge is 0.346 e. The number of carbonyl (C=O) groups excluding carboxylic acids is 1. The first-order valence-electron chi connectivity index (χ1n) is 11.4. The molecule has 0 saturated carbocycles. The second kappa shape index (κ2) is 11.1. The van der Waals surface area contributed by atoms with Crippen molar-refractivity contribution in [3.63, 3.8) is 0 Å². The number of nitrogens with one attached hydrogen (secondary N) is 3. The third-order valence-electron chi connectivity index (χ3n) is 5.09. The minimum atomic E-state index is -0.344. The van der Waals surface area contributed by atoms with Crippen LogP contribution < -0.4 is 21.0 Å². The number of aromatic nitrogens is 4. The Morgan fingerprint density at radius 2 is 1.86 bits per heavy atom. The van der Waals surface area contributed by atoms with Crippen molar-refractivity contribution in [2.45, 2.75) is 40.7 Å². The van der Waals surface area contributed by atoms with Gasteiger partial charge in [-0.15, -0.1) is 0 Å². The van der Waals surface area contributed by atoms with Crippen LogP contribution in [0.15, 0.2) is 42.6 Å². The number of anilines is 4. The Labute approximate surface area is 206 Å². The van der Waals surface area contributed by atoms with Gasteiger partial charge in [0.15, 0.2) is 0 Å². The minimum Gasteiger partial charge on any atom is -0.346 e. The molecule has 2 heterocycles. The van der Waals surface area contributed by atoms with E-state index < -0.39 is 0 Å². The molecule has 3 rings (SSSR count). The van der Waals surface area contributed by atoms with Gasteiger partial charge in [-0.2, -0.15) is 15.0 Å². The zero-order valence-corrected chi connectivity index (χ0v) is 21.4. The smallest absolute Gasteiger partial charge is 0.274 e. The van der Waals surface area contributed by atoms with Crippen molar-refractivity contribution >= 4 is 29.4 Å².